The number of nitrogen functional groups attached to an aromatic ring is 2. The second kappa shape index (κ2) is 5.19. The van der Waals surface area contributed by atoms with Gasteiger partial charge in [-0.15, -0.1) is 45.3 Å². The number of hydrogen-bond acceptors (Lipinski definition) is 4. The van der Waals surface area contributed by atoms with Crippen molar-refractivity contribution in [2.45, 2.75) is 13.0 Å². The van der Waals surface area contributed by atoms with Crippen LogP contribution in [-0.4, -0.2) is 6.54 Å². The molecule has 1 aliphatic heterocycles. The molecule has 0 amide bonds. The molecule has 1 aromatic rings. The van der Waals surface area contributed by atoms with Crippen molar-refractivity contribution in [2.24, 2.45) is 0 Å². The summed E-state index contributed by atoms with van der Waals surface area (Å²) in [5.74, 6) is 0. The average Bonchev–Trinajstić information content (AvgIpc) is 2.30. The van der Waals surface area contributed by atoms with Crippen molar-refractivity contribution in [2.75, 3.05) is 18.0 Å². The van der Waals surface area contributed by atoms with Gasteiger partial charge in [-0.2, -0.15) is 0 Å². The number of fused-ring (bicyclic) bond motifs is 1. The zero-order valence-corrected chi connectivity index (χ0v) is 11.2. The standard InChI is InChI=1S/C7H11N3S.2BrH/c8-6-4-1-2-10-3-5(4)7(9)11-6;;/h10H,1-3,8-9H2;2*1H. The molecule has 76 valence electrons. The Morgan fingerprint density at radius 2 is 1.69 bits per heavy atom. The van der Waals surface area contributed by atoms with Crippen molar-refractivity contribution < 1.29 is 0 Å². The molecular formula is C7H13Br2N3S. The molecule has 0 bridgehead atoms. The molecule has 0 fully saturated rings. The van der Waals surface area contributed by atoms with E-state index in [1.54, 1.807) is 0 Å². The Morgan fingerprint density at radius 1 is 1.08 bits per heavy atom. The minimum Gasteiger partial charge on any atom is -0.390 e. The van der Waals surface area contributed by atoms with Crippen molar-refractivity contribution in [1.29, 1.82) is 0 Å². The number of nitrogens with one attached hydrogen (secondary N) is 1. The molecule has 6 heteroatoms. The highest BCUT2D eigenvalue weighted by molar-refractivity contribution is 8.93. The summed E-state index contributed by atoms with van der Waals surface area (Å²) in [7, 11) is 0. The quantitative estimate of drug-likeness (QED) is 0.678. The number of thiophene rings is 1. The van der Waals surface area contributed by atoms with Gasteiger partial charge >= 0.3 is 0 Å². The predicted octanol–water partition coefficient (Wildman–Crippen LogP) is 1.71. The van der Waals surface area contributed by atoms with Gasteiger partial charge in [-0.3, -0.25) is 0 Å². The van der Waals surface area contributed by atoms with Crippen LogP contribution < -0.4 is 16.8 Å². The number of anilines is 2. The van der Waals surface area contributed by atoms with Crippen LogP contribution in [0.25, 0.3) is 0 Å². The first kappa shape index (κ1) is 13.2. The lowest BCUT2D eigenvalue weighted by molar-refractivity contribution is 0.650. The van der Waals surface area contributed by atoms with Gasteiger partial charge in [0, 0.05) is 12.1 Å². The third-order valence-corrected chi connectivity index (χ3v) is 2.97. The van der Waals surface area contributed by atoms with Gasteiger partial charge in [-0.1, -0.05) is 0 Å². The van der Waals surface area contributed by atoms with Crippen molar-refractivity contribution >= 4 is 55.3 Å². The molecule has 0 radical (unpaired) electrons. The lowest BCUT2D eigenvalue weighted by Gasteiger charge is -2.13. The maximum Gasteiger partial charge on any atom is 0.0926 e. The molecule has 0 saturated heterocycles. The maximum atomic E-state index is 5.77. The Kier molecular flexibility index (Phi) is 5.28. The summed E-state index contributed by atoms with van der Waals surface area (Å²) >= 11 is 1.50. The van der Waals surface area contributed by atoms with Gasteiger partial charge in [0.1, 0.15) is 0 Å². The Balaban J connectivity index is 0.000000720. The maximum absolute atomic E-state index is 5.77. The lowest BCUT2D eigenvalue weighted by Crippen LogP contribution is -2.23. The molecular weight excluding hydrogens is 318 g/mol. The number of rotatable bonds is 0. The van der Waals surface area contributed by atoms with Crippen LogP contribution in [0.3, 0.4) is 0 Å². The van der Waals surface area contributed by atoms with E-state index >= 15 is 0 Å². The Morgan fingerprint density at radius 3 is 2.31 bits per heavy atom. The van der Waals surface area contributed by atoms with Crippen LogP contribution in [0.5, 0.6) is 0 Å². The minimum absolute atomic E-state index is 0. The van der Waals surface area contributed by atoms with Crippen LogP contribution in [0, 0.1) is 0 Å². The number of hydrogen-bond donors (Lipinski definition) is 3. The fourth-order valence-corrected chi connectivity index (χ4v) is 2.34. The Labute approximate surface area is 102 Å². The fourth-order valence-electron chi connectivity index (χ4n) is 1.43. The van der Waals surface area contributed by atoms with Gasteiger partial charge in [0.15, 0.2) is 0 Å². The highest BCUT2D eigenvalue weighted by atomic mass is 79.9. The van der Waals surface area contributed by atoms with Crippen molar-refractivity contribution in [3.8, 4) is 0 Å². The lowest BCUT2D eigenvalue weighted by atomic mass is 10.1. The molecule has 2 rings (SSSR count). The van der Waals surface area contributed by atoms with Crippen molar-refractivity contribution in [3.05, 3.63) is 11.1 Å². The molecule has 0 aliphatic carbocycles. The Hall–Kier alpha value is 0.220. The van der Waals surface area contributed by atoms with E-state index < -0.39 is 0 Å². The third-order valence-electron chi connectivity index (χ3n) is 2.03. The molecule has 0 atom stereocenters. The third kappa shape index (κ3) is 2.37. The molecule has 13 heavy (non-hydrogen) atoms. The second-order valence-electron chi connectivity index (χ2n) is 2.71. The molecule has 3 nitrogen and oxygen atoms in total. The summed E-state index contributed by atoms with van der Waals surface area (Å²) in [4.78, 5) is 0. The minimum atomic E-state index is 0. The first-order valence-electron chi connectivity index (χ1n) is 3.65. The molecule has 0 saturated carbocycles. The predicted molar refractivity (Wildman–Crippen MR) is 69.2 cm³/mol. The molecule has 5 N–H and O–H groups in total. The summed E-state index contributed by atoms with van der Waals surface area (Å²) in [5, 5.41) is 5.05. The molecule has 1 aromatic heterocycles. The van der Waals surface area contributed by atoms with Crippen molar-refractivity contribution in [3.63, 3.8) is 0 Å². The molecule has 1 aliphatic rings. The zero-order chi connectivity index (χ0) is 7.84. The molecule has 0 unspecified atom stereocenters. The smallest absolute Gasteiger partial charge is 0.0926 e. The van der Waals surface area contributed by atoms with Crippen LogP contribution in [-0.2, 0) is 13.0 Å². The normalized spacial score (nSPS) is 13.8. The van der Waals surface area contributed by atoms with E-state index in [2.05, 4.69) is 5.32 Å². The second-order valence-corrected chi connectivity index (χ2v) is 3.80. The summed E-state index contributed by atoms with van der Waals surface area (Å²) in [6.45, 7) is 1.90. The van der Waals surface area contributed by atoms with E-state index in [0.29, 0.717) is 0 Å². The van der Waals surface area contributed by atoms with Crippen molar-refractivity contribution in [1.82, 2.24) is 5.32 Å². The first-order valence-corrected chi connectivity index (χ1v) is 4.47. The highest BCUT2D eigenvalue weighted by Crippen LogP contribution is 2.34. The van der Waals surface area contributed by atoms with Crippen LogP contribution in [0.2, 0.25) is 0 Å². The average molecular weight is 331 g/mol. The summed E-state index contributed by atoms with van der Waals surface area (Å²) < 4.78 is 0. The van der Waals surface area contributed by atoms with E-state index in [1.165, 1.54) is 22.5 Å². The highest BCUT2D eigenvalue weighted by Gasteiger charge is 2.16. The number of halogens is 2. The fraction of sp³-hybridized carbons (Fsp3) is 0.429. The van der Waals surface area contributed by atoms with Gasteiger partial charge in [0.2, 0.25) is 0 Å². The largest absolute Gasteiger partial charge is 0.390 e. The van der Waals surface area contributed by atoms with Crippen LogP contribution in [0.4, 0.5) is 10.0 Å². The van der Waals surface area contributed by atoms with Gasteiger partial charge in [0.05, 0.1) is 10.0 Å². The van der Waals surface area contributed by atoms with Crippen LogP contribution in [0.15, 0.2) is 0 Å². The van der Waals surface area contributed by atoms with E-state index in [0.717, 1.165) is 29.5 Å². The molecule has 0 spiro atoms. The van der Waals surface area contributed by atoms with Crippen LogP contribution >= 0.6 is 45.3 Å². The summed E-state index contributed by atoms with van der Waals surface area (Å²) in [6.07, 6.45) is 1.02. The van der Waals surface area contributed by atoms with E-state index in [4.69, 9.17) is 11.5 Å². The monoisotopic (exact) mass is 329 g/mol. The summed E-state index contributed by atoms with van der Waals surface area (Å²) in [5.41, 5.74) is 14.0. The van der Waals surface area contributed by atoms with E-state index in [-0.39, 0.29) is 34.0 Å². The van der Waals surface area contributed by atoms with Gasteiger partial charge < -0.3 is 16.8 Å². The zero-order valence-electron chi connectivity index (χ0n) is 7.00. The summed E-state index contributed by atoms with van der Waals surface area (Å²) in [6, 6.07) is 0. The number of nitrogens with two attached hydrogens (primary N) is 2. The van der Waals surface area contributed by atoms with Crippen LogP contribution in [0.1, 0.15) is 11.1 Å². The van der Waals surface area contributed by atoms with E-state index in [1.807, 2.05) is 0 Å². The molecule has 2 heterocycles. The SMILES string of the molecule is Br.Br.Nc1sc(N)c2c1CCNC2. The molecule has 0 aromatic carbocycles. The van der Waals surface area contributed by atoms with Gasteiger partial charge in [0.25, 0.3) is 0 Å². The van der Waals surface area contributed by atoms with E-state index in [9.17, 15) is 0 Å². The van der Waals surface area contributed by atoms with Gasteiger partial charge in [-0.25, -0.2) is 0 Å². The van der Waals surface area contributed by atoms with Gasteiger partial charge in [-0.05, 0) is 18.5 Å². The topological polar surface area (TPSA) is 64.1 Å². The first-order chi connectivity index (χ1) is 5.29. The Bertz CT molecular complexity index is 261.